The highest BCUT2D eigenvalue weighted by Gasteiger charge is 2.05. The molecule has 1 aromatic carbocycles. The SMILES string of the molecule is CCc1ccc(Cn2c(=S)[nH]c3ccccc32)s1. The summed E-state index contributed by atoms with van der Waals surface area (Å²) in [5, 5.41) is 0. The number of hydrogen-bond acceptors (Lipinski definition) is 2. The molecule has 0 saturated heterocycles. The van der Waals surface area contributed by atoms with Gasteiger partial charge in [-0.3, -0.25) is 0 Å². The van der Waals surface area contributed by atoms with Crippen LogP contribution in [0, 0.1) is 4.77 Å². The highest BCUT2D eigenvalue weighted by molar-refractivity contribution is 7.71. The van der Waals surface area contributed by atoms with Crippen molar-refractivity contribution in [1.29, 1.82) is 0 Å². The third-order valence-electron chi connectivity index (χ3n) is 3.06. The van der Waals surface area contributed by atoms with Crippen molar-refractivity contribution in [2.45, 2.75) is 19.9 Å². The van der Waals surface area contributed by atoms with Crippen molar-refractivity contribution in [3.05, 3.63) is 50.9 Å². The highest BCUT2D eigenvalue weighted by atomic mass is 32.1. The summed E-state index contributed by atoms with van der Waals surface area (Å²) in [6.07, 6.45) is 1.10. The molecule has 2 aromatic heterocycles. The number of benzene rings is 1. The van der Waals surface area contributed by atoms with Gasteiger partial charge in [0.05, 0.1) is 17.6 Å². The van der Waals surface area contributed by atoms with Gasteiger partial charge in [0.2, 0.25) is 0 Å². The lowest BCUT2D eigenvalue weighted by Crippen LogP contribution is -1.97. The molecule has 0 spiro atoms. The van der Waals surface area contributed by atoms with Crippen LogP contribution in [0.4, 0.5) is 0 Å². The molecule has 2 heterocycles. The molecule has 0 amide bonds. The number of para-hydroxylation sites is 2. The van der Waals surface area contributed by atoms with Crippen molar-refractivity contribution >= 4 is 34.6 Å². The van der Waals surface area contributed by atoms with Gasteiger partial charge in [-0.1, -0.05) is 19.1 Å². The van der Waals surface area contributed by atoms with Crippen molar-refractivity contribution in [3.8, 4) is 0 Å². The number of hydrogen-bond donors (Lipinski definition) is 1. The zero-order valence-corrected chi connectivity index (χ0v) is 11.8. The predicted molar refractivity (Wildman–Crippen MR) is 79.9 cm³/mol. The van der Waals surface area contributed by atoms with Gasteiger partial charge in [-0.25, -0.2) is 0 Å². The van der Waals surface area contributed by atoms with E-state index in [9.17, 15) is 0 Å². The topological polar surface area (TPSA) is 20.7 Å². The van der Waals surface area contributed by atoms with Crippen molar-refractivity contribution in [3.63, 3.8) is 0 Å². The third-order valence-corrected chi connectivity index (χ3v) is 4.60. The molecule has 92 valence electrons. The van der Waals surface area contributed by atoms with E-state index in [-0.39, 0.29) is 0 Å². The number of nitrogens with one attached hydrogen (secondary N) is 1. The summed E-state index contributed by atoms with van der Waals surface area (Å²) in [4.78, 5) is 6.03. The zero-order valence-electron chi connectivity index (χ0n) is 10.1. The molecule has 0 radical (unpaired) electrons. The Balaban J connectivity index is 2.04. The number of nitrogens with zero attached hydrogens (tertiary/aromatic N) is 1. The van der Waals surface area contributed by atoms with Gasteiger partial charge in [-0.05, 0) is 42.9 Å². The molecule has 0 fully saturated rings. The first-order valence-corrected chi connectivity index (χ1v) is 7.25. The predicted octanol–water partition coefficient (Wildman–Crippen LogP) is 4.37. The van der Waals surface area contributed by atoms with E-state index >= 15 is 0 Å². The average Bonchev–Trinajstić information content (AvgIpc) is 2.96. The highest BCUT2D eigenvalue weighted by Crippen LogP contribution is 2.21. The van der Waals surface area contributed by atoms with Gasteiger partial charge in [0.15, 0.2) is 4.77 Å². The number of imidazole rings is 1. The number of aromatic nitrogens is 2. The van der Waals surface area contributed by atoms with Gasteiger partial charge < -0.3 is 9.55 Å². The molecule has 2 nitrogen and oxygen atoms in total. The van der Waals surface area contributed by atoms with Crippen molar-refractivity contribution < 1.29 is 0 Å². The first-order valence-electron chi connectivity index (χ1n) is 6.03. The maximum Gasteiger partial charge on any atom is 0.178 e. The molecule has 0 aliphatic heterocycles. The van der Waals surface area contributed by atoms with Crippen LogP contribution in [0.2, 0.25) is 0 Å². The van der Waals surface area contributed by atoms with Crippen LogP contribution in [0.25, 0.3) is 11.0 Å². The molecule has 0 unspecified atom stereocenters. The first-order chi connectivity index (χ1) is 8.78. The van der Waals surface area contributed by atoms with Crippen LogP contribution in [0.5, 0.6) is 0 Å². The van der Waals surface area contributed by atoms with Gasteiger partial charge >= 0.3 is 0 Å². The van der Waals surface area contributed by atoms with E-state index in [0.717, 1.165) is 23.3 Å². The van der Waals surface area contributed by atoms with E-state index in [2.05, 4.69) is 40.7 Å². The number of aryl methyl sites for hydroxylation is 1. The molecule has 4 heteroatoms. The minimum Gasteiger partial charge on any atom is -0.331 e. The molecule has 1 N–H and O–H groups in total. The van der Waals surface area contributed by atoms with Gasteiger partial charge in [-0.15, -0.1) is 11.3 Å². The summed E-state index contributed by atoms with van der Waals surface area (Å²) in [6.45, 7) is 3.04. The second-order valence-electron chi connectivity index (χ2n) is 4.26. The Kier molecular flexibility index (Phi) is 3.06. The van der Waals surface area contributed by atoms with Crippen molar-refractivity contribution in [2.75, 3.05) is 0 Å². The lowest BCUT2D eigenvalue weighted by Gasteiger charge is -2.01. The standard InChI is InChI=1S/C14H14N2S2/c1-2-10-7-8-11(18-10)9-16-13-6-4-3-5-12(13)15-14(16)17/h3-8H,2,9H2,1H3,(H,15,17). The molecular weight excluding hydrogens is 260 g/mol. The van der Waals surface area contributed by atoms with Crippen molar-refractivity contribution in [1.82, 2.24) is 9.55 Å². The summed E-state index contributed by atoms with van der Waals surface area (Å²) in [7, 11) is 0. The fraction of sp³-hybridized carbons (Fsp3) is 0.214. The summed E-state index contributed by atoms with van der Waals surface area (Å²) in [6, 6.07) is 12.7. The lowest BCUT2D eigenvalue weighted by atomic mass is 10.3. The Bertz CT molecular complexity index is 733. The molecule has 0 aliphatic rings. The van der Waals surface area contributed by atoms with E-state index in [0.29, 0.717) is 0 Å². The van der Waals surface area contributed by atoms with Crippen LogP contribution < -0.4 is 0 Å². The monoisotopic (exact) mass is 274 g/mol. The number of fused-ring (bicyclic) bond motifs is 1. The number of thiophene rings is 1. The Morgan fingerprint density at radius 1 is 1.17 bits per heavy atom. The zero-order chi connectivity index (χ0) is 12.5. The van der Waals surface area contributed by atoms with Crippen LogP contribution in [-0.4, -0.2) is 9.55 Å². The maximum atomic E-state index is 5.40. The van der Waals surface area contributed by atoms with E-state index in [4.69, 9.17) is 12.2 Å². The number of aromatic amines is 1. The maximum absolute atomic E-state index is 5.40. The smallest absolute Gasteiger partial charge is 0.178 e. The number of rotatable bonds is 3. The van der Waals surface area contributed by atoms with Crippen LogP contribution in [0.3, 0.4) is 0 Å². The number of H-pyrrole nitrogens is 1. The van der Waals surface area contributed by atoms with Gasteiger partial charge in [-0.2, -0.15) is 0 Å². The Morgan fingerprint density at radius 2 is 1.94 bits per heavy atom. The van der Waals surface area contributed by atoms with Crippen LogP contribution in [-0.2, 0) is 13.0 Å². The molecule has 0 aliphatic carbocycles. The van der Waals surface area contributed by atoms with Gasteiger partial charge in [0, 0.05) is 9.75 Å². The second-order valence-corrected chi connectivity index (χ2v) is 5.89. The Morgan fingerprint density at radius 3 is 2.72 bits per heavy atom. The van der Waals surface area contributed by atoms with E-state index in [1.54, 1.807) is 0 Å². The van der Waals surface area contributed by atoms with Crippen LogP contribution in [0.1, 0.15) is 16.7 Å². The normalized spacial score (nSPS) is 11.2. The molecule has 0 saturated carbocycles. The van der Waals surface area contributed by atoms with E-state index in [1.807, 2.05) is 23.5 Å². The molecule has 3 aromatic rings. The average molecular weight is 274 g/mol. The summed E-state index contributed by atoms with van der Waals surface area (Å²) >= 11 is 7.27. The van der Waals surface area contributed by atoms with Gasteiger partial charge in [0.25, 0.3) is 0 Å². The first kappa shape index (κ1) is 11.7. The van der Waals surface area contributed by atoms with Crippen molar-refractivity contribution in [2.24, 2.45) is 0 Å². The second kappa shape index (κ2) is 4.71. The van der Waals surface area contributed by atoms with Crippen LogP contribution >= 0.6 is 23.6 Å². The van der Waals surface area contributed by atoms with E-state index < -0.39 is 0 Å². The lowest BCUT2D eigenvalue weighted by molar-refractivity contribution is 0.823. The van der Waals surface area contributed by atoms with E-state index in [1.165, 1.54) is 15.3 Å². The third kappa shape index (κ3) is 2.02. The minimum absolute atomic E-state index is 0.794. The largest absolute Gasteiger partial charge is 0.331 e. The molecular formula is C14H14N2S2. The molecule has 0 bridgehead atoms. The minimum atomic E-state index is 0.794. The quantitative estimate of drug-likeness (QED) is 0.703. The molecule has 3 rings (SSSR count). The molecule has 0 atom stereocenters. The summed E-state index contributed by atoms with van der Waals surface area (Å²) < 4.78 is 2.96. The van der Waals surface area contributed by atoms with Crippen LogP contribution in [0.15, 0.2) is 36.4 Å². The Labute approximate surface area is 115 Å². The van der Waals surface area contributed by atoms with Gasteiger partial charge in [0.1, 0.15) is 0 Å². The molecule has 18 heavy (non-hydrogen) atoms. The summed E-state index contributed by atoms with van der Waals surface area (Å²) in [5.41, 5.74) is 2.28. The fourth-order valence-corrected chi connectivity index (χ4v) is 3.34. The fourth-order valence-electron chi connectivity index (χ4n) is 2.12. The Hall–Kier alpha value is -1.39. The summed E-state index contributed by atoms with van der Waals surface area (Å²) in [5.74, 6) is 0.